The van der Waals surface area contributed by atoms with Gasteiger partial charge in [-0.3, -0.25) is 0 Å². The fourth-order valence-corrected chi connectivity index (χ4v) is 2.76. The van der Waals surface area contributed by atoms with Crippen LogP contribution in [-0.2, 0) is 6.54 Å². The molecule has 2 rings (SSSR count). The average Bonchev–Trinajstić information content (AvgIpc) is 2.28. The highest BCUT2D eigenvalue weighted by Crippen LogP contribution is 2.44. The molecule has 1 aliphatic carbocycles. The molecule has 2 unspecified atom stereocenters. The van der Waals surface area contributed by atoms with Crippen LogP contribution < -0.4 is 5.32 Å². The molecule has 1 saturated carbocycles. The van der Waals surface area contributed by atoms with Crippen LogP contribution >= 0.6 is 34.8 Å². The predicted octanol–water partition coefficient (Wildman–Crippen LogP) is 4.49. The smallest absolute Gasteiger partial charge is 0.0595 e. The van der Waals surface area contributed by atoms with Crippen molar-refractivity contribution < 1.29 is 0 Å². The fourth-order valence-electron chi connectivity index (χ4n) is 2.11. The van der Waals surface area contributed by atoms with Crippen molar-refractivity contribution in [2.75, 3.05) is 0 Å². The average molecular weight is 293 g/mol. The molecule has 1 fully saturated rings. The van der Waals surface area contributed by atoms with Gasteiger partial charge >= 0.3 is 0 Å². The zero-order chi connectivity index (χ0) is 12.6. The highest BCUT2D eigenvalue weighted by molar-refractivity contribution is 6.42. The van der Waals surface area contributed by atoms with Crippen LogP contribution in [0, 0.1) is 5.41 Å². The van der Waals surface area contributed by atoms with Crippen molar-refractivity contribution in [2.24, 2.45) is 5.41 Å². The summed E-state index contributed by atoms with van der Waals surface area (Å²) in [6.07, 6.45) is 1.02. The molecule has 2 atom stereocenters. The van der Waals surface area contributed by atoms with E-state index in [4.69, 9.17) is 34.8 Å². The van der Waals surface area contributed by atoms with Crippen molar-refractivity contribution >= 4 is 34.8 Å². The van der Waals surface area contributed by atoms with E-state index in [9.17, 15) is 0 Å². The third-order valence-electron chi connectivity index (χ3n) is 3.68. The SMILES string of the molecule is CC1(C)C(Cl)CC1NCc1ccc(Cl)c(Cl)c1. The first-order valence-corrected chi connectivity index (χ1v) is 6.92. The van der Waals surface area contributed by atoms with E-state index in [1.54, 1.807) is 0 Å². The lowest BCUT2D eigenvalue weighted by Gasteiger charge is -2.49. The van der Waals surface area contributed by atoms with E-state index < -0.39 is 0 Å². The number of halogens is 3. The molecule has 0 heterocycles. The van der Waals surface area contributed by atoms with Crippen molar-refractivity contribution in [2.45, 2.75) is 38.2 Å². The summed E-state index contributed by atoms with van der Waals surface area (Å²) in [6, 6.07) is 6.20. The highest BCUT2D eigenvalue weighted by Gasteiger charge is 2.46. The van der Waals surface area contributed by atoms with Crippen LogP contribution in [0.15, 0.2) is 18.2 Å². The van der Waals surface area contributed by atoms with Crippen molar-refractivity contribution in [3.05, 3.63) is 33.8 Å². The summed E-state index contributed by atoms with van der Waals surface area (Å²) < 4.78 is 0. The van der Waals surface area contributed by atoms with Gasteiger partial charge in [0.2, 0.25) is 0 Å². The van der Waals surface area contributed by atoms with E-state index in [1.807, 2.05) is 18.2 Å². The molecule has 0 amide bonds. The lowest BCUT2D eigenvalue weighted by Crippen LogP contribution is -2.57. The second-order valence-corrected chi connectivity index (χ2v) is 6.55. The normalized spacial score (nSPS) is 26.6. The second kappa shape index (κ2) is 4.97. The molecule has 4 heteroatoms. The largest absolute Gasteiger partial charge is 0.309 e. The minimum Gasteiger partial charge on any atom is -0.309 e. The Balaban J connectivity index is 1.93. The number of hydrogen-bond acceptors (Lipinski definition) is 1. The number of rotatable bonds is 3. The topological polar surface area (TPSA) is 12.0 Å². The van der Waals surface area contributed by atoms with Crippen LogP contribution in [0.3, 0.4) is 0 Å². The first-order valence-electron chi connectivity index (χ1n) is 5.72. The standard InChI is InChI=1S/C13H16Cl3N/c1-13(2)11(16)6-12(13)17-7-8-3-4-9(14)10(15)5-8/h3-5,11-12,17H,6-7H2,1-2H3. The summed E-state index contributed by atoms with van der Waals surface area (Å²) in [5, 5.41) is 4.99. The van der Waals surface area contributed by atoms with E-state index in [1.165, 1.54) is 0 Å². The second-order valence-electron chi connectivity index (χ2n) is 5.21. The summed E-state index contributed by atoms with van der Waals surface area (Å²) in [5.74, 6) is 0. The molecular formula is C13H16Cl3N. The van der Waals surface area contributed by atoms with Gasteiger partial charge in [-0.2, -0.15) is 0 Å². The minimum absolute atomic E-state index is 0.164. The summed E-state index contributed by atoms with van der Waals surface area (Å²) in [5.41, 5.74) is 1.31. The number of alkyl halides is 1. The summed E-state index contributed by atoms with van der Waals surface area (Å²) in [6.45, 7) is 5.19. The van der Waals surface area contributed by atoms with Crippen LogP contribution in [-0.4, -0.2) is 11.4 Å². The van der Waals surface area contributed by atoms with Crippen LogP contribution in [0.1, 0.15) is 25.8 Å². The third-order valence-corrected chi connectivity index (χ3v) is 5.16. The molecule has 0 bridgehead atoms. The Hall–Kier alpha value is 0.0500. The van der Waals surface area contributed by atoms with Gasteiger partial charge in [-0.1, -0.05) is 43.1 Å². The molecule has 17 heavy (non-hydrogen) atoms. The van der Waals surface area contributed by atoms with Crippen LogP contribution in [0.5, 0.6) is 0 Å². The Morgan fingerprint density at radius 3 is 2.53 bits per heavy atom. The Labute approximate surface area is 117 Å². The molecule has 0 radical (unpaired) electrons. The van der Waals surface area contributed by atoms with Gasteiger partial charge < -0.3 is 5.32 Å². The van der Waals surface area contributed by atoms with Crippen molar-refractivity contribution in [1.29, 1.82) is 0 Å². The van der Waals surface area contributed by atoms with E-state index in [0.29, 0.717) is 16.1 Å². The summed E-state index contributed by atoms with van der Waals surface area (Å²) >= 11 is 18.0. The monoisotopic (exact) mass is 291 g/mol. The molecule has 0 spiro atoms. The molecular weight excluding hydrogens is 277 g/mol. The van der Waals surface area contributed by atoms with Gasteiger partial charge in [0, 0.05) is 18.0 Å². The molecule has 1 aromatic rings. The molecule has 0 aliphatic heterocycles. The van der Waals surface area contributed by atoms with Crippen LogP contribution in [0.25, 0.3) is 0 Å². The Bertz CT molecular complexity index is 417. The van der Waals surface area contributed by atoms with Crippen molar-refractivity contribution in [3.8, 4) is 0 Å². The van der Waals surface area contributed by atoms with Gasteiger partial charge in [-0.05, 0) is 29.5 Å². The first-order chi connectivity index (χ1) is 7.91. The lowest BCUT2D eigenvalue weighted by atomic mass is 9.67. The molecule has 1 aliphatic rings. The summed E-state index contributed by atoms with van der Waals surface area (Å²) in [4.78, 5) is 0. The van der Waals surface area contributed by atoms with E-state index in [-0.39, 0.29) is 10.8 Å². The molecule has 1 nitrogen and oxygen atoms in total. The maximum absolute atomic E-state index is 6.18. The van der Waals surface area contributed by atoms with Crippen molar-refractivity contribution in [1.82, 2.24) is 5.32 Å². The third kappa shape index (κ3) is 2.73. The van der Waals surface area contributed by atoms with Gasteiger partial charge in [-0.25, -0.2) is 0 Å². The zero-order valence-electron chi connectivity index (χ0n) is 9.93. The first kappa shape index (κ1) is 13.5. The van der Waals surface area contributed by atoms with Gasteiger partial charge in [-0.15, -0.1) is 11.6 Å². The maximum Gasteiger partial charge on any atom is 0.0595 e. The molecule has 0 aromatic heterocycles. The van der Waals surface area contributed by atoms with E-state index in [2.05, 4.69) is 19.2 Å². The van der Waals surface area contributed by atoms with Gasteiger partial charge in [0.25, 0.3) is 0 Å². The number of nitrogens with one attached hydrogen (secondary N) is 1. The molecule has 0 saturated heterocycles. The Morgan fingerprint density at radius 1 is 1.29 bits per heavy atom. The highest BCUT2D eigenvalue weighted by atomic mass is 35.5. The van der Waals surface area contributed by atoms with Crippen LogP contribution in [0.2, 0.25) is 10.0 Å². The predicted molar refractivity (Wildman–Crippen MR) is 75.1 cm³/mol. The Kier molecular flexibility index (Phi) is 3.94. The van der Waals surface area contributed by atoms with Crippen molar-refractivity contribution in [3.63, 3.8) is 0 Å². The fraction of sp³-hybridized carbons (Fsp3) is 0.538. The van der Waals surface area contributed by atoms with E-state index >= 15 is 0 Å². The Morgan fingerprint density at radius 2 is 2.00 bits per heavy atom. The minimum atomic E-state index is 0.164. The molecule has 1 aromatic carbocycles. The number of hydrogen-bond donors (Lipinski definition) is 1. The van der Waals surface area contributed by atoms with Crippen LogP contribution in [0.4, 0.5) is 0 Å². The van der Waals surface area contributed by atoms with Gasteiger partial charge in [0.1, 0.15) is 0 Å². The number of benzene rings is 1. The summed E-state index contributed by atoms with van der Waals surface area (Å²) in [7, 11) is 0. The quantitative estimate of drug-likeness (QED) is 0.810. The van der Waals surface area contributed by atoms with Gasteiger partial charge in [0.15, 0.2) is 0 Å². The lowest BCUT2D eigenvalue weighted by molar-refractivity contribution is 0.115. The van der Waals surface area contributed by atoms with Gasteiger partial charge in [0.05, 0.1) is 10.0 Å². The zero-order valence-corrected chi connectivity index (χ0v) is 12.2. The maximum atomic E-state index is 6.18. The molecule has 1 N–H and O–H groups in total. The molecule has 94 valence electrons. The van der Waals surface area contributed by atoms with E-state index in [0.717, 1.165) is 18.5 Å².